The van der Waals surface area contributed by atoms with Gasteiger partial charge in [-0.3, -0.25) is 9.79 Å². The molecule has 0 atom stereocenters. The molecule has 0 aliphatic carbocycles. The van der Waals surface area contributed by atoms with Crippen LogP contribution in [0.2, 0.25) is 0 Å². The second-order valence-corrected chi connectivity index (χ2v) is 8.21. The molecule has 0 saturated carbocycles. The molecule has 1 rings (SSSR count). The Hall–Kier alpha value is -1.62. The van der Waals surface area contributed by atoms with E-state index in [0.717, 1.165) is 23.0 Å². The number of aliphatic imine (C=N–C) groups is 2. The Morgan fingerprint density at radius 2 is 1.67 bits per heavy atom. The first kappa shape index (κ1) is 20.4. The highest BCUT2D eigenvalue weighted by molar-refractivity contribution is 8.26. The average Bonchev–Trinajstić information content (AvgIpc) is 2.43. The van der Waals surface area contributed by atoms with Crippen molar-refractivity contribution >= 4 is 27.9 Å². The van der Waals surface area contributed by atoms with Crippen LogP contribution < -0.4 is 5.32 Å². The molecule has 0 unspecified atom stereocenters. The predicted molar refractivity (Wildman–Crippen MR) is 106 cm³/mol. The van der Waals surface area contributed by atoms with E-state index < -0.39 is 0 Å². The minimum Gasteiger partial charge on any atom is -0.362 e. The zero-order chi connectivity index (χ0) is 18.3. The van der Waals surface area contributed by atoms with E-state index in [1.54, 1.807) is 0 Å². The number of rotatable bonds is 3. The molecular weight excluding hydrogens is 318 g/mol. The fraction of sp³-hybridized carbons (Fsp3) is 0.526. The second-order valence-electron chi connectivity index (χ2n) is 7.27. The number of thioether (sulfide) groups is 1. The molecule has 1 aromatic rings. The van der Waals surface area contributed by atoms with Crippen LogP contribution in [-0.4, -0.2) is 28.2 Å². The largest absolute Gasteiger partial charge is 0.362 e. The molecule has 4 nitrogen and oxygen atoms in total. The molecule has 0 bridgehead atoms. The predicted octanol–water partition coefficient (Wildman–Crippen LogP) is 5.14. The zero-order valence-electron chi connectivity index (χ0n) is 15.8. The van der Waals surface area contributed by atoms with Crippen molar-refractivity contribution in [2.75, 3.05) is 0 Å². The monoisotopic (exact) mass is 347 g/mol. The summed E-state index contributed by atoms with van der Waals surface area (Å²) >= 11 is 1.05. The third-order valence-corrected chi connectivity index (χ3v) is 3.61. The highest BCUT2D eigenvalue weighted by Crippen LogP contribution is 2.23. The summed E-state index contributed by atoms with van der Waals surface area (Å²) < 4.78 is 0. The van der Waals surface area contributed by atoms with Crippen molar-refractivity contribution in [2.24, 2.45) is 15.4 Å². The van der Waals surface area contributed by atoms with Crippen molar-refractivity contribution in [1.29, 1.82) is 0 Å². The van der Waals surface area contributed by atoms with E-state index in [1.807, 2.05) is 58.0 Å². The highest BCUT2D eigenvalue weighted by Gasteiger charge is 2.22. The smallest absolute Gasteiger partial charge is 0.312 e. The molecular formula is C19H29N3OS. The molecule has 0 spiro atoms. The first-order valence-electron chi connectivity index (χ1n) is 8.30. The summed E-state index contributed by atoms with van der Waals surface area (Å²) in [5, 5.41) is 3.58. The number of amidine groups is 1. The van der Waals surface area contributed by atoms with Gasteiger partial charge in [-0.2, -0.15) is 0 Å². The lowest BCUT2D eigenvalue weighted by Crippen LogP contribution is -2.30. The van der Waals surface area contributed by atoms with E-state index >= 15 is 0 Å². The van der Waals surface area contributed by atoms with Crippen LogP contribution in [0.3, 0.4) is 0 Å². The molecule has 5 heteroatoms. The van der Waals surface area contributed by atoms with E-state index in [2.05, 4.69) is 36.1 Å². The number of benzene rings is 1. The van der Waals surface area contributed by atoms with Crippen molar-refractivity contribution in [1.82, 2.24) is 5.32 Å². The number of hydrogen-bond acceptors (Lipinski definition) is 3. The molecule has 24 heavy (non-hydrogen) atoms. The summed E-state index contributed by atoms with van der Waals surface area (Å²) in [7, 11) is 0. The molecule has 0 heterocycles. The third-order valence-electron chi connectivity index (χ3n) is 2.93. The normalized spacial score (nSPS) is 13.5. The standard InChI is InChI=1S/C19H29N3OS/c1-13(2)20-17(21-14(3)4)24-18(23)22-16(19(5,6)7)15-11-9-8-10-12-15/h8-14H,1-7H3,(H,20,21)/b22-16+. The number of hydrogen-bond donors (Lipinski definition) is 1. The molecule has 1 N–H and O–H groups in total. The lowest BCUT2D eigenvalue weighted by molar-refractivity contribution is 0.267. The fourth-order valence-corrected chi connectivity index (χ4v) is 2.89. The summed E-state index contributed by atoms with van der Waals surface area (Å²) in [6.07, 6.45) is 0. The SMILES string of the molecule is CC(C)N=C(NC(C)C)SC(=O)/N=C(\c1ccccc1)C(C)(C)C. The van der Waals surface area contributed by atoms with Crippen molar-refractivity contribution < 1.29 is 4.79 Å². The van der Waals surface area contributed by atoms with Gasteiger partial charge < -0.3 is 5.32 Å². The Kier molecular flexibility index (Phi) is 7.67. The van der Waals surface area contributed by atoms with Gasteiger partial charge in [0.25, 0.3) is 0 Å². The van der Waals surface area contributed by atoms with Crippen LogP contribution in [0.1, 0.15) is 54.0 Å². The minimum atomic E-state index is -0.253. The van der Waals surface area contributed by atoms with Gasteiger partial charge in [-0.05, 0) is 33.3 Å². The van der Waals surface area contributed by atoms with Gasteiger partial charge in [-0.1, -0.05) is 51.1 Å². The van der Waals surface area contributed by atoms with Gasteiger partial charge in [-0.15, -0.1) is 0 Å². The molecule has 0 aliphatic rings. The fourth-order valence-electron chi connectivity index (χ4n) is 2.03. The second kappa shape index (κ2) is 9.02. The van der Waals surface area contributed by atoms with Crippen LogP contribution in [0.15, 0.2) is 40.3 Å². The van der Waals surface area contributed by atoms with Crippen LogP contribution in [0.25, 0.3) is 0 Å². The maximum atomic E-state index is 12.5. The lowest BCUT2D eigenvalue weighted by atomic mass is 9.85. The Balaban J connectivity index is 3.07. The van der Waals surface area contributed by atoms with Crippen LogP contribution in [0, 0.1) is 5.41 Å². The first-order chi connectivity index (χ1) is 11.1. The van der Waals surface area contributed by atoms with E-state index in [1.165, 1.54) is 0 Å². The van der Waals surface area contributed by atoms with Crippen molar-refractivity contribution in [3.8, 4) is 0 Å². The van der Waals surface area contributed by atoms with Gasteiger partial charge in [0, 0.05) is 29.3 Å². The number of carbonyl (C=O) groups excluding carboxylic acids is 1. The van der Waals surface area contributed by atoms with Gasteiger partial charge >= 0.3 is 5.24 Å². The summed E-state index contributed by atoms with van der Waals surface area (Å²) in [5.41, 5.74) is 1.53. The summed E-state index contributed by atoms with van der Waals surface area (Å²) in [4.78, 5) is 21.4. The van der Waals surface area contributed by atoms with Crippen LogP contribution in [-0.2, 0) is 0 Å². The summed E-state index contributed by atoms with van der Waals surface area (Å²) in [6.45, 7) is 14.2. The maximum absolute atomic E-state index is 12.5. The lowest BCUT2D eigenvalue weighted by Gasteiger charge is -2.21. The maximum Gasteiger partial charge on any atom is 0.312 e. The quantitative estimate of drug-likeness (QED) is 0.608. The summed E-state index contributed by atoms with van der Waals surface area (Å²) in [6, 6.07) is 10.2. The Labute approximate surface area is 150 Å². The molecule has 0 saturated heterocycles. The first-order valence-corrected chi connectivity index (χ1v) is 9.12. The Bertz CT molecular complexity index is 599. The van der Waals surface area contributed by atoms with E-state index in [-0.39, 0.29) is 22.7 Å². The van der Waals surface area contributed by atoms with Crippen molar-refractivity contribution in [2.45, 2.75) is 60.5 Å². The van der Waals surface area contributed by atoms with E-state index in [4.69, 9.17) is 0 Å². The number of nitrogens with one attached hydrogen (secondary N) is 1. The highest BCUT2D eigenvalue weighted by atomic mass is 32.2. The van der Waals surface area contributed by atoms with Crippen LogP contribution in [0.4, 0.5) is 4.79 Å². The number of carbonyl (C=O) groups is 1. The summed E-state index contributed by atoms with van der Waals surface area (Å²) in [5.74, 6) is 0. The molecule has 0 aliphatic heterocycles. The minimum absolute atomic E-state index is 0.117. The molecule has 1 aromatic carbocycles. The third kappa shape index (κ3) is 7.30. The number of nitrogens with zero attached hydrogens (tertiary/aromatic N) is 2. The van der Waals surface area contributed by atoms with E-state index in [0.29, 0.717) is 5.17 Å². The van der Waals surface area contributed by atoms with Gasteiger partial charge in [0.05, 0.1) is 5.71 Å². The van der Waals surface area contributed by atoms with E-state index in [9.17, 15) is 4.79 Å². The Morgan fingerprint density at radius 3 is 2.12 bits per heavy atom. The molecule has 1 amide bonds. The van der Waals surface area contributed by atoms with Crippen LogP contribution in [0.5, 0.6) is 0 Å². The topological polar surface area (TPSA) is 53.8 Å². The van der Waals surface area contributed by atoms with Crippen molar-refractivity contribution in [3.05, 3.63) is 35.9 Å². The molecule has 132 valence electrons. The number of amides is 1. The van der Waals surface area contributed by atoms with Crippen molar-refractivity contribution in [3.63, 3.8) is 0 Å². The molecule has 0 aromatic heterocycles. The zero-order valence-corrected chi connectivity index (χ0v) is 16.6. The molecule has 0 fully saturated rings. The Morgan fingerprint density at radius 1 is 1.08 bits per heavy atom. The van der Waals surface area contributed by atoms with Gasteiger partial charge in [-0.25, -0.2) is 4.99 Å². The van der Waals surface area contributed by atoms with Crippen LogP contribution >= 0.6 is 11.8 Å². The molecule has 0 radical (unpaired) electrons. The van der Waals surface area contributed by atoms with Gasteiger partial charge in [0.15, 0.2) is 5.17 Å². The average molecular weight is 348 g/mol. The van der Waals surface area contributed by atoms with Gasteiger partial charge in [0.1, 0.15) is 0 Å². The van der Waals surface area contributed by atoms with Gasteiger partial charge in [0.2, 0.25) is 0 Å².